The molecular formula is C20H38O4. The minimum absolute atomic E-state index is 0.156. The van der Waals surface area contributed by atoms with Crippen molar-refractivity contribution in [2.24, 2.45) is 5.92 Å². The third-order valence-electron chi connectivity index (χ3n) is 4.16. The molecule has 0 aliphatic heterocycles. The molecule has 0 saturated carbocycles. The lowest BCUT2D eigenvalue weighted by Gasteiger charge is -2.15. The minimum Gasteiger partial charge on any atom is -0.466 e. The van der Waals surface area contributed by atoms with Crippen LogP contribution in [0.5, 0.6) is 0 Å². The summed E-state index contributed by atoms with van der Waals surface area (Å²) in [5.74, 6) is -0.849. The standard InChI is InChI=1S/C20H38O4/c1-4-7-10-11-12-13-14-18(20(22)24-16-9-6-3)17-19(21)23-15-8-5-2/h18H,4-17H2,1-3H3. The Morgan fingerprint density at radius 2 is 1.25 bits per heavy atom. The van der Waals surface area contributed by atoms with Crippen molar-refractivity contribution in [3.05, 3.63) is 0 Å². The van der Waals surface area contributed by atoms with Gasteiger partial charge in [0.25, 0.3) is 0 Å². The second-order valence-electron chi connectivity index (χ2n) is 6.55. The van der Waals surface area contributed by atoms with Crippen LogP contribution >= 0.6 is 0 Å². The van der Waals surface area contributed by atoms with Gasteiger partial charge in [-0.25, -0.2) is 0 Å². The highest BCUT2D eigenvalue weighted by Gasteiger charge is 2.23. The summed E-state index contributed by atoms with van der Waals surface area (Å²) in [4.78, 5) is 24.1. The zero-order chi connectivity index (χ0) is 18.0. The fourth-order valence-corrected chi connectivity index (χ4v) is 2.50. The maximum Gasteiger partial charge on any atom is 0.309 e. The third kappa shape index (κ3) is 13.4. The Hall–Kier alpha value is -1.06. The normalized spacial score (nSPS) is 12.0. The molecule has 0 aliphatic rings. The molecule has 0 aliphatic carbocycles. The van der Waals surface area contributed by atoms with E-state index in [9.17, 15) is 9.59 Å². The summed E-state index contributed by atoms with van der Waals surface area (Å²) in [6, 6.07) is 0. The van der Waals surface area contributed by atoms with Gasteiger partial charge in [-0.1, -0.05) is 72.1 Å². The van der Waals surface area contributed by atoms with Crippen LogP contribution in [0, 0.1) is 5.92 Å². The van der Waals surface area contributed by atoms with Gasteiger partial charge in [-0.2, -0.15) is 0 Å². The molecule has 0 fully saturated rings. The molecule has 0 amide bonds. The summed E-state index contributed by atoms with van der Waals surface area (Å²) in [5.41, 5.74) is 0. The van der Waals surface area contributed by atoms with Gasteiger partial charge in [0.1, 0.15) is 0 Å². The molecule has 0 aromatic carbocycles. The van der Waals surface area contributed by atoms with Crippen LogP contribution in [0.4, 0.5) is 0 Å². The molecule has 1 atom stereocenters. The van der Waals surface area contributed by atoms with Gasteiger partial charge >= 0.3 is 11.9 Å². The van der Waals surface area contributed by atoms with Crippen LogP contribution in [0.15, 0.2) is 0 Å². The zero-order valence-corrected chi connectivity index (χ0v) is 16.1. The van der Waals surface area contributed by atoms with Crippen molar-refractivity contribution < 1.29 is 19.1 Å². The first kappa shape index (κ1) is 22.9. The highest BCUT2D eigenvalue weighted by molar-refractivity contribution is 5.79. The first-order valence-corrected chi connectivity index (χ1v) is 9.97. The average Bonchev–Trinajstić information content (AvgIpc) is 2.57. The van der Waals surface area contributed by atoms with Crippen LogP contribution in [0.25, 0.3) is 0 Å². The zero-order valence-electron chi connectivity index (χ0n) is 16.1. The number of carbonyl (C=O) groups is 2. The van der Waals surface area contributed by atoms with Gasteiger partial charge in [0.15, 0.2) is 0 Å². The maximum atomic E-state index is 12.2. The summed E-state index contributed by atoms with van der Waals surface area (Å²) in [6.07, 6.45) is 11.6. The Kier molecular flexibility index (Phi) is 16.0. The van der Waals surface area contributed by atoms with Crippen molar-refractivity contribution in [2.45, 2.75) is 97.8 Å². The van der Waals surface area contributed by atoms with Gasteiger partial charge in [0.05, 0.1) is 25.6 Å². The van der Waals surface area contributed by atoms with Crippen molar-refractivity contribution in [3.8, 4) is 0 Å². The summed E-state index contributed by atoms with van der Waals surface area (Å²) < 4.78 is 10.5. The van der Waals surface area contributed by atoms with E-state index in [1.807, 2.05) is 0 Å². The van der Waals surface area contributed by atoms with Crippen molar-refractivity contribution in [3.63, 3.8) is 0 Å². The van der Waals surface area contributed by atoms with Crippen LogP contribution in [0.3, 0.4) is 0 Å². The number of unbranched alkanes of at least 4 members (excludes halogenated alkanes) is 7. The van der Waals surface area contributed by atoms with Gasteiger partial charge in [0.2, 0.25) is 0 Å². The van der Waals surface area contributed by atoms with E-state index >= 15 is 0 Å². The van der Waals surface area contributed by atoms with E-state index in [1.165, 1.54) is 25.7 Å². The van der Waals surface area contributed by atoms with E-state index in [1.54, 1.807) is 0 Å². The molecule has 0 radical (unpaired) electrons. The molecule has 4 nitrogen and oxygen atoms in total. The Balaban J connectivity index is 4.21. The number of hydrogen-bond donors (Lipinski definition) is 0. The average molecular weight is 343 g/mol. The van der Waals surface area contributed by atoms with E-state index in [-0.39, 0.29) is 24.3 Å². The lowest BCUT2D eigenvalue weighted by molar-refractivity contribution is -0.155. The summed E-state index contributed by atoms with van der Waals surface area (Å²) >= 11 is 0. The quantitative estimate of drug-likeness (QED) is 0.277. The van der Waals surface area contributed by atoms with Crippen LogP contribution in [0.2, 0.25) is 0 Å². The molecule has 1 unspecified atom stereocenters. The Labute approximate surface area is 148 Å². The smallest absolute Gasteiger partial charge is 0.309 e. The van der Waals surface area contributed by atoms with Crippen molar-refractivity contribution in [1.29, 1.82) is 0 Å². The number of ether oxygens (including phenoxy) is 2. The second kappa shape index (κ2) is 16.8. The van der Waals surface area contributed by atoms with Gasteiger partial charge in [0, 0.05) is 0 Å². The fourth-order valence-electron chi connectivity index (χ4n) is 2.50. The van der Waals surface area contributed by atoms with Gasteiger partial charge < -0.3 is 9.47 Å². The first-order valence-electron chi connectivity index (χ1n) is 9.97. The van der Waals surface area contributed by atoms with E-state index in [2.05, 4.69) is 20.8 Å². The maximum absolute atomic E-state index is 12.2. The molecule has 0 aromatic heterocycles. The van der Waals surface area contributed by atoms with Crippen molar-refractivity contribution >= 4 is 11.9 Å². The topological polar surface area (TPSA) is 52.6 Å². The molecule has 0 spiro atoms. The summed E-state index contributed by atoms with van der Waals surface area (Å²) in [5, 5.41) is 0. The molecule has 4 heteroatoms. The van der Waals surface area contributed by atoms with Crippen LogP contribution in [-0.4, -0.2) is 25.2 Å². The van der Waals surface area contributed by atoms with Gasteiger partial charge in [-0.15, -0.1) is 0 Å². The molecular weight excluding hydrogens is 304 g/mol. The molecule has 24 heavy (non-hydrogen) atoms. The Morgan fingerprint density at radius 1 is 0.708 bits per heavy atom. The van der Waals surface area contributed by atoms with Gasteiger partial charge in [-0.05, 0) is 19.3 Å². The van der Waals surface area contributed by atoms with E-state index in [0.29, 0.717) is 13.2 Å². The molecule has 0 rings (SSSR count). The molecule has 0 saturated heterocycles. The molecule has 0 bridgehead atoms. The predicted octanol–water partition coefficient (Wildman–Crippen LogP) is 5.43. The van der Waals surface area contributed by atoms with Gasteiger partial charge in [-0.3, -0.25) is 9.59 Å². The fraction of sp³-hybridized carbons (Fsp3) is 0.900. The van der Waals surface area contributed by atoms with Crippen LogP contribution in [0.1, 0.15) is 97.8 Å². The largest absolute Gasteiger partial charge is 0.466 e. The van der Waals surface area contributed by atoms with E-state index in [0.717, 1.165) is 44.9 Å². The summed E-state index contributed by atoms with van der Waals surface area (Å²) in [6.45, 7) is 7.22. The van der Waals surface area contributed by atoms with E-state index < -0.39 is 0 Å². The lowest BCUT2D eigenvalue weighted by Crippen LogP contribution is -2.23. The summed E-state index contributed by atoms with van der Waals surface area (Å²) in [7, 11) is 0. The Bertz CT molecular complexity index is 315. The minimum atomic E-state index is -0.345. The van der Waals surface area contributed by atoms with Crippen molar-refractivity contribution in [2.75, 3.05) is 13.2 Å². The molecule has 0 N–H and O–H groups in total. The highest BCUT2D eigenvalue weighted by atomic mass is 16.5. The van der Waals surface area contributed by atoms with E-state index in [4.69, 9.17) is 9.47 Å². The highest BCUT2D eigenvalue weighted by Crippen LogP contribution is 2.18. The lowest BCUT2D eigenvalue weighted by atomic mass is 9.97. The van der Waals surface area contributed by atoms with Crippen LogP contribution in [-0.2, 0) is 19.1 Å². The number of hydrogen-bond acceptors (Lipinski definition) is 4. The van der Waals surface area contributed by atoms with Crippen LogP contribution < -0.4 is 0 Å². The number of carbonyl (C=O) groups excluding carboxylic acids is 2. The van der Waals surface area contributed by atoms with Crippen molar-refractivity contribution in [1.82, 2.24) is 0 Å². The SMILES string of the molecule is CCCCCCCCC(CC(=O)OCCCC)C(=O)OCCCC. The second-order valence-corrected chi connectivity index (χ2v) is 6.55. The first-order chi connectivity index (χ1) is 11.7. The Morgan fingerprint density at radius 3 is 1.88 bits per heavy atom. The third-order valence-corrected chi connectivity index (χ3v) is 4.16. The predicted molar refractivity (Wildman–Crippen MR) is 97.8 cm³/mol. The molecule has 0 heterocycles. The molecule has 142 valence electrons. The number of rotatable bonds is 16. The molecule has 0 aromatic rings. The monoisotopic (exact) mass is 342 g/mol. The number of esters is 2.